The van der Waals surface area contributed by atoms with Crippen molar-refractivity contribution in [1.82, 2.24) is 10.3 Å². The first kappa shape index (κ1) is 16.1. The van der Waals surface area contributed by atoms with Crippen LogP contribution in [0.1, 0.15) is 49.2 Å². The van der Waals surface area contributed by atoms with Gasteiger partial charge in [0.25, 0.3) is 0 Å². The smallest absolute Gasteiger partial charge is 0.240 e. The number of nitrogens with zero attached hydrogens (tertiary/aromatic N) is 1. The van der Waals surface area contributed by atoms with Gasteiger partial charge in [0.1, 0.15) is 5.01 Å². The van der Waals surface area contributed by atoms with Crippen LogP contribution in [0.25, 0.3) is 10.6 Å². The molecule has 3 N–H and O–H groups in total. The van der Waals surface area contributed by atoms with Gasteiger partial charge in [0.2, 0.25) is 5.91 Å². The zero-order valence-electron chi connectivity index (χ0n) is 13.6. The van der Waals surface area contributed by atoms with Gasteiger partial charge < -0.3 is 11.1 Å². The normalized spacial score (nSPS) is 17.9. The topological polar surface area (TPSA) is 68.0 Å². The van der Waals surface area contributed by atoms with Gasteiger partial charge in [0.05, 0.1) is 22.2 Å². The Morgan fingerprint density at radius 1 is 1.30 bits per heavy atom. The number of rotatable bonds is 4. The van der Waals surface area contributed by atoms with Crippen LogP contribution >= 0.6 is 11.3 Å². The third kappa shape index (κ3) is 3.31. The van der Waals surface area contributed by atoms with E-state index >= 15 is 0 Å². The van der Waals surface area contributed by atoms with E-state index in [0.29, 0.717) is 0 Å². The van der Waals surface area contributed by atoms with E-state index < -0.39 is 5.54 Å². The number of amides is 1. The third-order valence-electron chi connectivity index (χ3n) is 4.54. The van der Waals surface area contributed by atoms with Crippen molar-refractivity contribution in [2.75, 3.05) is 0 Å². The summed E-state index contributed by atoms with van der Waals surface area (Å²) in [6, 6.07) is 10.1. The Morgan fingerprint density at radius 3 is 2.61 bits per heavy atom. The molecule has 1 fully saturated rings. The quantitative estimate of drug-likeness (QED) is 0.901. The first-order valence-electron chi connectivity index (χ1n) is 8.12. The highest BCUT2D eigenvalue weighted by Gasteiger charge is 2.37. The summed E-state index contributed by atoms with van der Waals surface area (Å²) >= 11 is 1.64. The van der Waals surface area contributed by atoms with Crippen LogP contribution in [0.2, 0.25) is 0 Å². The molecule has 1 aliphatic rings. The summed E-state index contributed by atoms with van der Waals surface area (Å²) in [6.45, 7) is 4.00. The van der Waals surface area contributed by atoms with Gasteiger partial charge in [-0.15, -0.1) is 11.3 Å². The van der Waals surface area contributed by atoms with Gasteiger partial charge >= 0.3 is 0 Å². The lowest BCUT2D eigenvalue weighted by atomic mass is 9.97. The Balaban J connectivity index is 1.76. The maximum atomic E-state index is 12.5. The van der Waals surface area contributed by atoms with E-state index in [4.69, 9.17) is 5.73 Å². The van der Waals surface area contributed by atoms with Crippen molar-refractivity contribution in [3.8, 4) is 10.6 Å². The van der Waals surface area contributed by atoms with Crippen molar-refractivity contribution < 1.29 is 4.79 Å². The molecule has 1 aromatic carbocycles. The van der Waals surface area contributed by atoms with Crippen molar-refractivity contribution in [2.24, 2.45) is 5.73 Å². The Kier molecular flexibility index (Phi) is 4.50. The van der Waals surface area contributed by atoms with Crippen molar-refractivity contribution in [2.45, 2.75) is 51.1 Å². The average molecular weight is 329 g/mol. The zero-order valence-corrected chi connectivity index (χ0v) is 14.5. The number of thiazole rings is 1. The second-order valence-corrected chi connectivity index (χ2v) is 7.42. The molecule has 0 spiro atoms. The summed E-state index contributed by atoms with van der Waals surface area (Å²) in [7, 11) is 0. The molecule has 0 saturated heterocycles. The van der Waals surface area contributed by atoms with E-state index in [-0.39, 0.29) is 11.9 Å². The van der Waals surface area contributed by atoms with Gasteiger partial charge in [0, 0.05) is 5.56 Å². The number of carbonyl (C=O) groups excluding carboxylic acids is 1. The number of hydrogen-bond acceptors (Lipinski definition) is 4. The maximum Gasteiger partial charge on any atom is 0.240 e. The molecule has 1 aromatic heterocycles. The minimum atomic E-state index is -0.685. The SMILES string of the molecule is Cc1nc(-c2ccccc2)sc1C(C)NC(=O)C1(N)CCCC1. The van der Waals surface area contributed by atoms with E-state index in [1.807, 2.05) is 32.0 Å². The summed E-state index contributed by atoms with van der Waals surface area (Å²) < 4.78 is 0. The van der Waals surface area contributed by atoms with Gasteiger partial charge in [-0.3, -0.25) is 4.79 Å². The highest BCUT2D eigenvalue weighted by Crippen LogP contribution is 2.33. The molecular formula is C18H23N3OS. The molecule has 1 saturated carbocycles. The van der Waals surface area contributed by atoms with E-state index in [9.17, 15) is 4.79 Å². The molecule has 2 aromatic rings. The third-order valence-corrected chi connectivity index (χ3v) is 5.93. The Morgan fingerprint density at radius 2 is 1.96 bits per heavy atom. The van der Waals surface area contributed by atoms with Crippen LogP contribution in [0.3, 0.4) is 0 Å². The lowest BCUT2D eigenvalue weighted by molar-refractivity contribution is -0.126. The molecule has 23 heavy (non-hydrogen) atoms. The van der Waals surface area contributed by atoms with Crippen LogP contribution < -0.4 is 11.1 Å². The van der Waals surface area contributed by atoms with Gasteiger partial charge in [0.15, 0.2) is 0 Å². The molecule has 0 aliphatic heterocycles. The van der Waals surface area contributed by atoms with E-state index in [1.54, 1.807) is 11.3 Å². The Labute approximate surface area is 141 Å². The number of aryl methyl sites for hydroxylation is 1. The zero-order chi connectivity index (χ0) is 16.4. The Hall–Kier alpha value is -1.72. The van der Waals surface area contributed by atoms with Crippen molar-refractivity contribution in [3.05, 3.63) is 40.9 Å². The molecule has 1 atom stereocenters. The average Bonchev–Trinajstić information content (AvgIpc) is 3.15. The van der Waals surface area contributed by atoms with Gasteiger partial charge in [-0.2, -0.15) is 0 Å². The molecule has 3 rings (SSSR count). The first-order chi connectivity index (χ1) is 11.0. The highest BCUT2D eigenvalue weighted by molar-refractivity contribution is 7.15. The number of hydrogen-bond donors (Lipinski definition) is 2. The molecule has 1 heterocycles. The number of carbonyl (C=O) groups is 1. The first-order valence-corrected chi connectivity index (χ1v) is 8.94. The van der Waals surface area contributed by atoms with Crippen LogP contribution in [-0.4, -0.2) is 16.4 Å². The summed E-state index contributed by atoms with van der Waals surface area (Å²) in [4.78, 5) is 18.2. The molecule has 0 bridgehead atoms. The fourth-order valence-electron chi connectivity index (χ4n) is 3.15. The number of benzene rings is 1. The molecule has 0 radical (unpaired) electrons. The molecule has 1 aliphatic carbocycles. The number of aromatic nitrogens is 1. The minimum absolute atomic E-state index is 0.0310. The van der Waals surface area contributed by atoms with Crippen LogP contribution in [0.15, 0.2) is 30.3 Å². The fraction of sp³-hybridized carbons (Fsp3) is 0.444. The summed E-state index contributed by atoms with van der Waals surface area (Å²) in [5, 5.41) is 4.08. The molecular weight excluding hydrogens is 306 g/mol. The molecule has 1 amide bonds. The molecule has 1 unspecified atom stereocenters. The molecule has 5 heteroatoms. The molecule has 4 nitrogen and oxygen atoms in total. The fourth-order valence-corrected chi connectivity index (χ4v) is 4.23. The lowest BCUT2D eigenvalue weighted by Crippen LogP contribution is -2.52. The molecule has 122 valence electrons. The van der Waals surface area contributed by atoms with Crippen molar-refractivity contribution in [3.63, 3.8) is 0 Å². The number of nitrogens with one attached hydrogen (secondary N) is 1. The standard InChI is InChI=1S/C18H23N3OS/c1-12-15(23-16(20-12)14-8-4-3-5-9-14)13(2)21-17(22)18(19)10-6-7-11-18/h3-5,8-9,13H,6-7,10-11,19H2,1-2H3,(H,21,22). The van der Waals surface area contributed by atoms with Crippen LogP contribution in [0, 0.1) is 6.92 Å². The van der Waals surface area contributed by atoms with Gasteiger partial charge in [-0.05, 0) is 26.7 Å². The predicted molar refractivity (Wildman–Crippen MR) is 94.2 cm³/mol. The van der Waals surface area contributed by atoms with Gasteiger partial charge in [-0.1, -0.05) is 43.2 Å². The van der Waals surface area contributed by atoms with Gasteiger partial charge in [-0.25, -0.2) is 4.98 Å². The summed E-state index contributed by atoms with van der Waals surface area (Å²) in [5.74, 6) is -0.0310. The van der Waals surface area contributed by atoms with Crippen LogP contribution in [0.5, 0.6) is 0 Å². The summed E-state index contributed by atoms with van der Waals surface area (Å²) in [5.41, 5.74) is 7.63. The highest BCUT2D eigenvalue weighted by atomic mass is 32.1. The summed E-state index contributed by atoms with van der Waals surface area (Å²) in [6.07, 6.45) is 3.64. The van der Waals surface area contributed by atoms with Crippen molar-refractivity contribution in [1.29, 1.82) is 0 Å². The van der Waals surface area contributed by atoms with E-state index in [2.05, 4.69) is 22.4 Å². The van der Waals surface area contributed by atoms with E-state index in [1.165, 1.54) is 0 Å². The maximum absolute atomic E-state index is 12.5. The predicted octanol–water partition coefficient (Wildman–Crippen LogP) is 3.57. The van der Waals surface area contributed by atoms with Crippen molar-refractivity contribution >= 4 is 17.2 Å². The van der Waals surface area contributed by atoms with Crippen LogP contribution in [0.4, 0.5) is 0 Å². The minimum Gasteiger partial charge on any atom is -0.347 e. The second-order valence-electron chi connectivity index (χ2n) is 6.39. The number of nitrogens with two attached hydrogens (primary N) is 1. The van der Waals surface area contributed by atoms with Crippen LogP contribution in [-0.2, 0) is 4.79 Å². The monoisotopic (exact) mass is 329 g/mol. The largest absolute Gasteiger partial charge is 0.347 e. The van der Waals surface area contributed by atoms with E-state index in [0.717, 1.165) is 46.8 Å². The lowest BCUT2D eigenvalue weighted by Gasteiger charge is -2.24. The Bertz CT molecular complexity index is 690. The second kappa shape index (κ2) is 6.42.